The second kappa shape index (κ2) is 6.27. The van der Waals surface area contributed by atoms with Crippen LogP contribution in [0.4, 0.5) is 0 Å². The van der Waals surface area contributed by atoms with Gasteiger partial charge in [0.1, 0.15) is 0 Å². The third-order valence-corrected chi connectivity index (χ3v) is 3.68. The van der Waals surface area contributed by atoms with Gasteiger partial charge in [0.05, 0.1) is 5.69 Å². The summed E-state index contributed by atoms with van der Waals surface area (Å²) in [5.74, 6) is 6.60. The molecule has 1 aromatic heterocycles. The van der Waals surface area contributed by atoms with Crippen molar-refractivity contribution in [1.29, 1.82) is 0 Å². The summed E-state index contributed by atoms with van der Waals surface area (Å²) in [5.41, 5.74) is 5.17. The maximum Gasteiger partial charge on any atom is 0.0596 e. The molecule has 1 heterocycles. The highest BCUT2D eigenvalue weighted by Gasteiger charge is 2.12. The minimum absolute atomic E-state index is 0.308. The molecule has 3 N–H and O–H groups in total. The van der Waals surface area contributed by atoms with Crippen LogP contribution in [0.5, 0.6) is 0 Å². The molecule has 5 heteroatoms. The van der Waals surface area contributed by atoms with Crippen molar-refractivity contribution in [3.05, 3.63) is 17.5 Å². The Morgan fingerprint density at radius 3 is 2.69 bits per heavy atom. The number of hydrazine groups is 1. The van der Waals surface area contributed by atoms with Crippen LogP contribution in [0.1, 0.15) is 25.2 Å². The van der Waals surface area contributed by atoms with Gasteiger partial charge >= 0.3 is 0 Å². The average Bonchev–Trinajstić information content (AvgIpc) is 2.51. The van der Waals surface area contributed by atoms with Gasteiger partial charge in [-0.15, -0.1) is 0 Å². The molecule has 0 radical (unpaired) electrons. The van der Waals surface area contributed by atoms with Gasteiger partial charge < -0.3 is 0 Å². The van der Waals surface area contributed by atoms with Gasteiger partial charge in [0.25, 0.3) is 0 Å². The van der Waals surface area contributed by atoms with E-state index in [0.717, 1.165) is 17.9 Å². The molecule has 0 aliphatic rings. The first-order valence-electron chi connectivity index (χ1n) is 5.60. The summed E-state index contributed by atoms with van der Waals surface area (Å²) in [5, 5.41) is 4.98. The summed E-state index contributed by atoms with van der Waals surface area (Å²) in [6, 6.07) is 2.42. The van der Waals surface area contributed by atoms with Crippen molar-refractivity contribution in [3.8, 4) is 0 Å². The van der Waals surface area contributed by atoms with Gasteiger partial charge in [-0.1, -0.05) is 13.8 Å². The summed E-state index contributed by atoms with van der Waals surface area (Å²) in [4.78, 5) is 0. The molecule has 0 aromatic carbocycles. The van der Waals surface area contributed by atoms with Crippen molar-refractivity contribution >= 4 is 11.8 Å². The fourth-order valence-electron chi connectivity index (χ4n) is 1.58. The SMILES string of the molecule is Cc1cc(CC(CSC(C)C)NN)n(C)n1. The van der Waals surface area contributed by atoms with Crippen LogP contribution in [0.2, 0.25) is 0 Å². The second-order valence-corrected chi connectivity index (χ2v) is 5.96. The molecule has 1 unspecified atom stereocenters. The number of nitrogens with zero attached hydrogens (tertiary/aromatic N) is 2. The number of thioether (sulfide) groups is 1. The molecule has 16 heavy (non-hydrogen) atoms. The first-order valence-corrected chi connectivity index (χ1v) is 6.65. The highest BCUT2D eigenvalue weighted by molar-refractivity contribution is 7.99. The highest BCUT2D eigenvalue weighted by Crippen LogP contribution is 2.13. The van der Waals surface area contributed by atoms with E-state index in [1.807, 2.05) is 30.4 Å². The van der Waals surface area contributed by atoms with Crippen molar-refractivity contribution in [2.45, 2.75) is 38.5 Å². The van der Waals surface area contributed by atoms with Crippen LogP contribution in [0.25, 0.3) is 0 Å². The van der Waals surface area contributed by atoms with Crippen LogP contribution in [0, 0.1) is 6.92 Å². The number of aryl methyl sites for hydroxylation is 2. The zero-order chi connectivity index (χ0) is 12.1. The lowest BCUT2D eigenvalue weighted by Gasteiger charge is -2.16. The standard InChI is InChI=1S/C11H22N4S/c1-8(2)16-7-10(13-12)6-11-5-9(3)14-15(11)4/h5,8,10,13H,6-7,12H2,1-4H3. The number of nitrogens with one attached hydrogen (secondary N) is 1. The largest absolute Gasteiger partial charge is 0.272 e. The summed E-state index contributed by atoms with van der Waals surface area (Å²) < 4.78 is 1.93. The normalized spacial score (nSPS) is 13.4. The minimum Gasteiger partial charge on any atom is -0.272 e. The predicted molar refractivity (Wildman–Crippen MR) is 70.4 cm³/mol. The summed E-state index contributed by atoms with van der Waals surface area (Å²) in [6.07, 6.45) is 0.924. The predicted octanol–water partition coefficient (Wildman–Crippen LogP) is 1.24. The smallest absolute Gasteiger partial charge is 0.0596 e. The summed E-state index contributed by atoms with van der Waals surface area (Å²) >= 11 is 1.92. The van der Waals surface area contributed by atoms with Gasteiger partial charge in [0.2, 0.25) is 0 Å². The Balaban J connectivity index is 2.52. The van der Waals surface area contributed by atoms with Crippen LogP contribution in [-0.2, 0) is 13.5 Å². The van der Waals surface area contributed by atoms with E-state index in [1.54, 1.807) is 0 Å². The van der Waals surface area contributed by atoms with Crippen molar-refractivity contribution in [2.75, 3.05) is 5.75 Å². The number of aromatic nitrogens is 2. The number of hydrogen-bond acceptors (Lipinski definition) is 4. The van der Waals surface area contributed by atoms with Gasteiger partial charge in [-0.2, -0.15) is 16.9 Å². The molecule has 92 valence electrons. The Labute approximate surface area is 102 Å². The van der Waals surface area contributed by atoms with Crippen molar-refractivity contribution in [1.82, 2.24) is 15.2 Å². The topological polar surface area (TPSA) is 55.9 Å². The Morgan fingerprint density at radius 1 is 1.56 bits per heavy atom. The number of rotatable bonds is 6. The van der Waals surface area contributed by atoms with Gasteiger partial charge in [0.15, 0.2) is 0 Å². The molecular weight excluding hydrogens is 220 g/mol. The van der Waals surface area contributed by atoms with Crippen LogP contribution < -0.4 is 11.3 Å². The van der Waals surface area contributed by atoms with Crippen LogP contribution in [-0.4, -0.2) is 26.8 Å². The molecule has 0 amide bonds. The van der Waals surface area contributed by atoms with Crippen molar-refractivity contribution in [2.24, 2.45) is 12.9 Å². The lowest BCUT2D eigenvalue weighted by atomic mass is 10.2. The highest BCUT2D eigenvalue weighted by atomic mass is 32.2. The lowest BCUT2D eigenvalue weighted by molar-refractivity contribution is 0.550. The molecule has 0 spiro atoms. The average molecular weight is 242 g/mol. The van der Waals surface area contributed by atoms with Gasteiger partial charge in [0, 0.05) is 31.0 Å². The van der Waals surface area contributed by atoms with E-state index < -0.39 is 0 Å². The fraction of sp³-hybridized carbons (Fsp3) is 0.727. The Kier molecular flexibility index (Phi) is 5.31. The van der Waals surface area contributed by atoms with E-state index in [1.165, 1.54) is 5.69 Å². The molecule has 1 aromatic rings. The van der Waals surface area contributed by atoms with Gasteiger partial charge in [-0.05, 0) is 18.2 Å². The lowest BCUT2D eigenvalue weighted by Crippen LogP contribution is -2.39. The fourth-order valence-corrected chi connectivity index (χ4v) is 2.41. The maximum atomic E-state index is 5.57. The molecule has 0 saturated carbocycles. The summed E-state index contributed by atoms with van der Waals surface area (Å²) in [7, 11) is 1.98. The molecule has 0 bridgehead atoms. The van der Waals surface area contributed by atoms with E-state index in [4.69, 9.17) is 5.84 Å². The van der Waals surface area contributed by atoms with Crippen molar-refractivity contribution < 1.29 is 0 Å². The molecule has 0 aliphatic carbocycles. The Morgan fingerprint density at radius 2 is 2.25 bits per heavy atom. The third kappa shape index (κ3) is 4.15. The Bertz CT molecular complexity index is 322. The molecule has 1 rings (SSSR count). The maximum absolute atomic E-state index is 5.57. The third-order valence-electron chi connectivity index (χ3n) is 2.42. The van der Waals surface area contributed by atoms with Crippen molar-refractivity contribution in [3.63, 3.8) is 0 Å². The van der Waals surface area contributed by atoms with Gasteiger partial charge in [-0.3, -0.25) is 16.0 Å². The van der Waals surface area contributed by atoms with E-state index in [2.05, 4.69) is 30.4 Å². The number of nitrogens with two attached hydrogens (primary N) is 1. The molecule has 0 fully saturated rings. The molecule has 0 aliphatic heterocycles. The zero-order valence-corrected chi connectivity index (χ0v) is 11.3. The first-order chi connectivity index (χ1) is 7.52. The summed E-state index contributed by atoms with van der Waals surface area (Å²) in [6.45, 7) is 6.41. The van der Waals surface area contributed by atoms with E-state index in [-0.39, 0.29) is 0 Å². The van der Waals surface area contributed by atoms with Crippen LogP contribution in [0.3, 0.4) is 0 Å². The Hall–Kier alpha value is -0.520. The van der Waals surface area contributed by atoms with Crippen LogP contribution in [0.15, 0.2) is 6.07 Å². The van der Waals surface area contributed by atoms with E-state index >= 15 is 0 Å². The van der Waals surface area contributed by atoms with Crippen LogP contribution >= 0.6 is 11.8 Å². The molecule has 1 atom stereocenters. The molecule has 4 nitrogen and oxygen atoms in total. The van der Waals surface area contributed by atoms with E-state index in [0.29, 0.717) is 11.3 Å². The second-order valence-electron chi connectivity index (χ2n) is 4.35. The first kappa shape index (κ1) is 13.5. The number of hydrogen-bond donors (Lipinski definition) is 2. The molecular formula is C11H22N4S. The quantitative estimate of drug-likeness (QED) is 0.582. The molecule has 0 saturated heterocycles. The monoisotopic (exact) mass is 242 g/mol. The zero-order valence-electron chi connectivity index (χ0n) is 10.5. The van der Waals surface area contributed by atoms with Gasteiger partial charge in [-0.25, -0.2) is 0 Å². The minimum atomic E-state index is 0.308. The van der Waals surface area contributed by atoms with E-state index in [9.17, 15) is 0 Å².